The standard InChI is InChI=1S/C23H21N3O2S/c1-15-21(16(2)26-23(25-15)29-3)12-13-22(27)28-20-10-8-19(9-11-20)18-6-4-17(14-24)5-7-18/h4-11H,12-13H2,1-3H3. The summed E-state index contributed by atoms with van der Waals surface area (Å²) in [4.78, 5) is 21.2. The molecule has 0 amide bonds. The van der Waals surface area contributed by atoms with Crippen molar-refractivity contribution in [3.63, 3.8) is 0 Å². The molecule has 0 aliphatic rings. The third-order valence-electron chi connectivity index (χ3n) is 4.60. The van der Waals surface area contributed by atoms with Gasteiger partial charge in [0.05, 0.1) is 18.1 Å². The lowest BCUT2D eigenvalue weighted by atomic mass is 10.0. The second-order valence-corrected chi connectivity index (χ2v) is 7.32. The summed E-state index contributed by atoms with van der Waals surface area (Å²) in [5.74, 6) is 0.221. The van der Waals surface area contributed by atoms with Gasteiger partial charge in [0, 0.05) is 11.4 Å². The van der Waals surface area contributed by atoms with Crippen molar-refractivity contribution in [2.24, 2.45) is 0 Å². The van der Waals surface area contributed by atoms with Gasteiger partial charge in [-0.25, -0.2) is 9.97 Å². The minimum Gasteiger partial charge on any atom is -0.427 e. The van der Waals surface area contributed by atoms with E-state index in [2.05, 4.69) is 16.0 Å². The number of esters is 1. The van der Waals surface area contributed by atoms with Crippen LogP contribution in [0.25, 0.3) is 11.1 Å². The van der Waals surface area contributed by atoms with Crippen LogP contribution in [0.2, 0.25) is 0 Å². The van der Waals surface area contributed by atoms with Gasteiger partial charge >= 0.3 is 5.97 Å². The Morgan fingerprint density at radius 1 is 1.00 bits per heavy atom. The molecule has 29 heavy (non-hydrogen) atoms. The predicted molar refractivity (Wildman–Crippen MR) is 114 cm³/mol. The lowest BCUT2D eigenvalue weighted by molar-refractivity contribution is -0.134. The highest BCUT2D eigenvalue weighted by molar-refractivity contribution is 7.98. The molecule has 1 aromatic heterocycles. The molecule has 3 aromatic rings. The zero-order chi connectivity index (χ0) is 20.8. The number of nitriles is 1. The van der Waals surface area contributed by atoms with Gasteiger partial charge in [0.15, 0.2) is 5.16 Å². The third-order valence-corrected chi connectivity index (χ3v) is 5.14. The van der Waals surface area contributed by atoms with Gasteiger partial charge in [0.2, 0.25) is 0 Å². The highest BCUT2D eigenvalue weighted by Crippen LogP contribution is 2.23. The van der Waals surface area contributed by atoms with Crippen LogP contribution < -0.4 is 4.74 Å². The first kappa shape index (κ1) is 20.6. The van der Waals surface area contributed by atoms with Gasteiger partial charge in [-0.15, -0.1) is 0 Å². The lowest BCUT2D eigenvalue weighted by Crippen LogP contribution is -2.11. The molecule has 0 aliphatic heterocycles. The van der Waals surface area contributed by atoms with Crippen LogP contribution in [0.15, 0.2) is 53.7 Å². The Morgan fingerprint density at radius 2 is 1.55 bits per heavy atom. The van der Waals surface area contributed by atoms with E-state index in [0.717, 1.165) is 33.2 Å². The van der Waals surface area contributed by atoms with E-state index in [-0.39, 0.29) is 12.4 Å². The molecule has 0 bridgehead atoms. The molecule has 0 fully saturated rings. The number of aromatic nitrogens is 2. The number of thioether (sulfide) groups is 1. The Kier molecular flexibility index (Phi) is 6.63. The van der Waals surface area contributed by atoms with Crippen molar-refractivity contribution >= 4 is 17.7 Å². The predicted octanol–water partition coefficient (Wildman–Crippen LogP) is 4.89. The number of ether oxygens (including phenoxy) is 1. The quantitative estimate of drug-likeness (QED) is 0.252. The molecule has 0 unspecified atom stereocenters. The van der Waals surface area contributed by atoms with E-state index < -0.39 is 0 Å². The van der Waals surface area contributed by atoms with E-state index in [4.69, 9.17) is 10.00 Å². The van der Waals surface area contributed by atoms with Crippen LogP contribution in [0.1, 0.15) is 28.9 Å². The molecule has 0 saturated heterocycles. The van der Waals surface area contributed by atoms with E-state index in [1.54, 1.807) is 24.3 Å². The fourth-order valence-corrected chi connectivity index (χ4v) is 3.48. The number of rotatable bonds is 6. The first-order valence-corrected chi connectivity index (χ1v) is 10.4. The minimum absolute atomic E-state index is 0.265. The third kappa shape index (κ3) is 5.21. The van der Waals surface area contributed by atoms with Crippen molar-refractivity contribution in [3.05, 3.63) is 71.0 Å². The fourth-order valence-electron chi connectivity index (χ4n) is 3.02. The normalized spacial score (nSPS) is 10.4. The van der Waals surface area contributed by atoms with E-state index in [9.17, 15) is 4.79 Å². The molecule has 0 saturated carbocycles. The van der Waals surface area contributed by atoms with Crippen LogP contribution in [0.4, 0.5) is 0 Å². The van der Waals surface area contributed by atoms with Crippen molar-refractivity contribution in [2.75, 3.05) is 6.26 Å². The van der Waals surface area contributed by atoms with Crippen LogP contribution in [0, 0.1) is 25.2 Å². The Bertz CT molecular complexity index is 1030. The summed E-state index contributed by atoms with van der Waals surface area (Å²) in [6.07, 6.45) is 2.76. The first-order chi connectivity index (χ1) is 14.0. The number of hydrogen-bond acceptors (Lipinski definition) is 6. The summed E-state index contributed by atoms with van der Waals surface area (Å²) in [6.45, 7) is 3.88. The van der Waals surface area contributed by atoms with E-state index in [0.29, 0.717) is 17.7 Å². The molecule has 0 radical (unpaired) electrons. The smallest absolute Gasteiger partial charge is 0.311 e. The number of nitrogens with zero attached hydrogens (tertiary/aromatic N) is 3. The number of aryl methyl sites for hydroxylation is 2. The molecule has 6 heteroatoms. The number of carbonyl (C=O) groups excluding carboxylic acids is 1. The lowest BCUT2D eigenvalue weighted by Gasteiger charge is -2.10. The zero-order valence-electron chi connectivity index (χ0n) is 16.6. The second kappa shape index (κ2) is 9.35. The summed E-state index contributed by atoms with van der Waals surface area (Å²) in [6, 6.07) is 16.8. The highest BCUT2D eigenvalue weighted by atomic mass is 32.2. The van der Waals surface area contributed by atoms with Crippen molar-refractivity contribution < 1.29 is 9.53 Å². The van der Waals surface area contributed by atoms with Crippen molar-refractivity contribution in [1.29, 1.82) is 5.26 Å². The Labute approximate surface area is 174 Å². The van der Waals surface area contributed by atoms with Gasteiger partial charge in [-0.2, -0.15) is 5.26 Å². The Morgan fingerprint density at radius 3 is 2.07 bits per heavy atom. The van der Waals surface area contributed by atoms with Crippen LogP contribution >= 0.6 is 11.8 Å². The van der Waals surface area contributed by atoms with Crippen molar-refractivity contribution in [2.45, 2.75) is 31.8 Å². The maximum atomic E-state index is 12.3. The van der Waals surface area contributed by atoms with Gasteiger partial charge in [0.1, 0.15) is 5.75 Å². The second-order valence-electron chi connectivity index (χ2n) is 6.55. The van der Waals surface area contributed by atoms with Gasteiger partial charge in [-0.1, -0.05) is 36.0 Å². The number of benzene rings is 2. The van der Waals surface area contributed by atoms with Gasteiger partial charge in [-0.3, -0.25) is 4.79 Å². The first-order valence-electron chi connectivity index (χ1n) is 9.19. The average molecular weight is 404 g/mol. The molecule has 0 spiro atoms. The number of carbonyl (C=O) groups is 1. The van der Waals surface area contributed by atoms with Crippen LogP contribution in [0.5, 0.6) is 5.75 Å². The molecule has 2 aromatic carbocycles. The molecule has 0 N–H and O–H groups in total. The molecular weight excluding hydrogens is 382 g/mol. The molecular formula is C23H21N3O2S. The number of hydrogen-bond donors (Lipinski definition) is 0. The van der Waals surface area contributed by atoms with E-state index in [1.165, 1.54) is 11.8 Å². The zero-order valence-corrected chi connectivity index (χ0v) is 17.4. The Hall–Kier alpha value is -3.17. The molecule has 5 nitrogen and oxygen atoms in total. The topological polar surface area (TPSA) is 75.9 Å². The maximum Gasteiger partial charge on any atom is 0.311 e. The van der Waals surface area contributed by atoms with Gasteiger partial charge in [-0.05, 0) is 67.5 Å². The maximum absolute atomic E-state index is 12.3. The minimum atomic E-state index is -0.288. The highest BCUT2D eigenvalue weighted by Gasteiger charge is 2.12. The van der Waals surface area contributed by atoms with Crippen molar-refractivity contribution in [1.82, 2.24) is 9.97 Å². The monoisotopic (exact) mass is 403 g/mol. The summed E-state index contributed by atoms with van der Waals surface area (Å²) in [5, 5.41) is 9.63. The van der Waals surface area contributed by atoms with Crippen LogP contribution in [-0.2, 0) is 11.2 Å². The largest absolute Gasteiger partial charge is 0.427 e. The summed E-state index contributed by atoms with van der Waals surface area (Å²) < 4.78 is 5.46. The van der Waals surface area contributed by atoms with Gasteiger partial charge in [0.25, 0.3) is 0 Å². The van der Waals surface area contributed by atoms with Crippen LogP contribution in [-0.4, -0.2) is 22.2 Å². The van der Waals surface area contributed by atoms with Crippen molar-refractivity contribution in [3.8, 4) is 22.9 Å². The van der Waals surface area contributed by atoms with Crippen LogP contribution in [0.3, 0.4) is 0 Å². The van der Waals surface area contributed by atoms with E-state index in [1.807, 2.05) is 44.4 Å². The molecule has 0 aliphatic carbocycles. The average Bonchev–Trinajstić information content (AvgIpc) is 2.73. The van der Waals surface area contributed by atoms with E-state index >= 15 is 0 Å². The Balaban J connectivity index is 1.60. The molecule has 0 atom stereocenters. The molecule has 3 rings (SSSR count). The molecule has 146 valence electrons. The summed E-state index contributed by atoms with van der Waals surface area (Å²) in [5.41, 5.74) is 5.42. The molecule has 1 heterocycles. The van der Waals surface area contributed by atoms with Gasteiger partial charge < -0.3 is 4.74 Å². The summed E-state index contributed by atoms with van der Waals surface area (Å²) >= 11 is 1.51. The fraction of sp³-hybridized carbons (Fsp3) is 0.217. The summed E-state index contributed by atoms with van der Waals surface area (Å²) in [7, 11) is 0. The SMILES string of the molecule is CSc1nc(C)c(CCC(=O)Oc2ccc(-c3ccc(C#N)cc3)cc2)c(C)n1.